The number of aromatic amines is 1. The molecule has 2 aromatic heterocycles. The number of anilines is 1. The predicted octanol–water partition coefficient (Wildman–Crippen LogP) is 2.45. The van der Waals surface area contributed by atoms with E-state index in [0.29, 0.717) is 51.1 Å². The van der Waals surface area contributed by atoms with E-state index in [4.69, 9.17) is 16.3 Å². The Balaban J connectivity index is 1.22. The van der Waals surface area contributed by atoms with E-state index < -0.39 is 29.4 Å². The number of rotatable bonds is 4. The van der Waals surface area contributed by atoms with Crippen LogP contribution >= 0.6 is 11.6 Å². The van der Waals surface area contributed by atoms with E-state index in [0.717, 1.165) is 18.3 Å². The summed E-state index contributed by atoms with van der Waals surface area (Å²) in [5.74, 6) is -0.411. The van der Waals surface area contributed by atoms with Crippen molar-refractivity contribution in [1.29, 1.82) is 0 Å². The van der Waals surface area contributed by atoms with Crippen molar-refractivity contribution in [3.63, 3.8) is 0 Å². The maximum absolute atomic E-state index is 12.7. The summed E-state index contributed by atoms with van der Waals surface area (Å²) < 4.78 is 43.5. The lowest BCUT2D eigenvalue weighted by atomic mass is 10.0. The average Bonchev–Trinajstić information content (AvgIpc) is 3.28. The number of carbonyl (C=O) groups is 2. The fourth-order valence-electron chi connectivity index (χ4n) is 4.09. The molecule has 188 valence electrons. The first-order valence-corrected chi connectivity index (χ1v) is 11.3. The molecule has 2 N–H and O–H groups in total. The zero-order chi connectivity index (χ0) is 25.2. The lowest BCUT2D eigenvalue weighted by molar-refractivity contribution is -0.141. The molecule has 0 spiro atoms. The maximum Gasteiger partial charge on any atom is 0.433 e. The zero-order valence-corrected chi connectivity index (χ0v) is 19.1. The molecule has 35 heavy (non-hydrogen) atoms. The third kappa shape index (κ3) is 5.84. The van der Waals surface area contributed by atoms with Crippen molar-refractivity contribution < 1.29 is 27.5 Å². The number of hydrogen-bond acceptors (Lipinski definition) is 7. The van der Waals surface area contributed by atoms with Crippen molar-refractivity contribution in [1.82, 2.24) is 25.4 Å². The first-order chi connectivity index (χ1) is 16.6. The van der Waals surface area contributed by atoms with Crippen molar-refractivity contribution in [2.75, 3.05) is 31.1 Å². The van der Waals surface area contributed by atoms with Gasteiger partial charge in [-0.15, -0.1) is 0 Å². The number of hydrogen-bond donors (Lipinski definition) is 2. The molecule has 2 amide bonds. The van der Waals surface area contributed by atoms with Crippen LogP contribution in [0.15, 0.2) is 29.3 Å². The molecule has 2 aliphatic heterocycles. The van der Waals surface area contributed by atoms with E-state index >= 15 is 0 Å². The van der Waals surface area contributed by atoms with Gasteiger partial charge in [-0.05, 0) is 25.0 Å². The van der Waals surface area contributed by atoms with Gasteiger partial charge < -0.3 is 19.9 Å². The summed E-state index contributed by atoms with van der Waals surface area (Å²) in [5, 5.41) is 8.82. The van der Waals surface area contributed by atoms with Gasteiger partial charge >= 0.3 is 12.3 Å². The lowest BCUT2D eigenvalue weighted by Crippen LogP contribution is -2.47. The molecule has 2 fully saturated rings. The van der Waals surface area contributed by atoms with Gasteiger partial charge in [-0.25, -0.2) is 9.89 Å². The highest BCUT2D eigenvalue weighted by atomic mass is 35.5. The summed E-state index contributed by atoms with van der Waals surface area (Å²) >= 11 is 6.03. The Morgan fingerprint density at radius 3 is 2.54 bits per heavy atom. The quantitative estimate of drug-likeness (QED) is 0.643. The number of piperidine rings is 1. The van der Waals surface area contributed by atoms with E-state index in [1.165, 1.54) is 11.1 Å². The summed E-state index contributed by atoms with van der Waals surface area (Å²) in [6.45, 7) is 1.57. The van der Waals surface area contributed by atoms with Crippen LogP contribution < -0.4 is 15.8 Å². The van der Waals surface area contributed by atoms with Crippen LogP contribution in [0.25, 0.3) is 0 Å². The van der Waals surface area contributed by atoms with Crippen LogP contribution in [0.1, 0.15) is 35.3 Å². The SMILES string of the molecule is O=C(NC1CCN(C(=O)c2ccc(C(F)(F)F)nc2)CC1)O[C@@H]1CCN(c2cn[nH]c(=O)c2Cl)C1. The molecule has 4 heterocycles. The molecule has 2 aliphatic rings. The van der Waals surface area contributed by atoms with Gasteiger partial charge in [0, 0.05) is 38.3 Å². The van der Waals surface area contributed by atoms with Gasteiger partial charge in [0.2, 0.25) is 0 Å². The summed E-state index contributed by atoms with van der Waals surface area (Å²) in [6.07, 6.45) is -1.66. The zero-order valence-electron chi connectivity index (χ0n) is 18.3. The number of nitrogens with zero attached hydrogens (tertiary/aromatic N) is 4. The van der Waals surface area contributed by atoms with Gasteiger partial charge in [0.25, 0.3) is 11.5 Å². The number of H-pyrrole nitrogens is 1. The molecule has 14 heteroatoms. The van der Waals surface area contributed by atoms with Gasteiger partial charge in [-0.1, -0.05) is 11.6 Å². The van der Waals surface area contributed by atoms with Crippen molar-refractivity contribution in [2.24, 2.45) is 0 Å². The number of halogens is 4. The van der Waals surface area contributed by atoms with Crippen molar-refractivity contribution in [3.8, 4) is 0 Å². The molecule has 0 aromatic carbocycles. The topological polar surface area (TPSA) is 121 Å². The largest absolute Gasteiger partial charge is 0.444 e. The predicted molar refractivity (Wildman–Crippen MR) is 118 cm³/mol. The number of likely N-dealkylation sites (tertiary alicyclic amines) is 1. The average molecular weight is 515 g/mol. The van der Waals surface area contributed by atoms with Crippen LogP contribution in [0, 0.1) is 0 Å². The van der Waals surface area contributed by atoms with Crippen molar-refractivity contribution in [3.05, 3.63) is 51.2 Å². The molecule has 0 unspecified atom stereocenters. The van der Waals surface area contributed by atoms with Crippen molar-refractivity contribution in [2.45, 2.75) is 37.6 Å². The first kappa shape index (κ1) is 24.8. The Morgan fingerprint density at radius 2 is 1.89 bits per heavy atom. The number of nitrogens with one attached hydrogen (secondary N) is 2. The van der Waals surface area contributed by atoms with E-state index in [-0.39, 0.29) is 22.7 Å². The maximum atomic E-state index is 12.7. The molecule has 0 aliphatic carbocycles. The third-order valence-corrected chi connectivity index (χ3v) is 6.31. The van der Waals surface area contributed by atoms with Crippen LogP contribution in [-0.2, 0) is 10.9 Å². The summed E-state index contributed by atoms with van der Waals surface area (Å²) in [5.41, 5.74) is -1.00. The molecule has 2 saturated heterocycles. The highest BCUT2D eigenvalue weighted by Gasteiger charge is 2.33. The van der Waals surface area contributed by atoms with Crippen molar-refractivity contribution >= 4 is 29.3 Å². The summed E-state index contributed by atoms with van der Waals surface area (Å²) in [7, 11) is 0. The second-order valence-corrected chi connectivity index (χ2v) is 8.68. The standard InChI is InChI=1S/C21H22ClF3N6O4/c22-17-15(10-27-29-18(17)32)31-8-5-14(11-31)35-20(34)28-13-3-6-30(7-4-13)19(33)12-1-2-16(26-9-12)21(23,24)25/h1-2,9-10,13-14H,3-8,11H2,(H,28,34)(H,29,32)/t14-/m1/s1. The fraction of sp³-hybridized carbons (Fsp3) is 0.476. The molecule has 0 bridgehead atoms. The van der Waals surface area contributed by atoms with Crippen LogP contribution in [0.4, 0.5) is 23.7 Å². The van der Waals surface area contributed by atoms with Crippen LogP contribution in [0.5, 0.6) is 0 Å². The number of pyridine rings is 1. The van der Waals surface area contributed by atoms with E-state index in [1.807, 2.05) is 4.90 Å². The van der Waals surface area contributed by atoms with Gasteiger partial charge in [0.1, 0.15) is 16.8 Å². The molecule has 1 atom stereocenters. The number of carbonyl (C=O) groups excluding carboxylic acids is 2. The first-order valence-electron chi connectivity index (χ1n) is 10.9. The minimum atomic E-state index is -4.57. The normalized spacial score (nSPS) is 19.0. The fourth-order valence-corrected chi connectivity index (χ4v) is 4.30. The molecule has 2 aromatic rings. The summed E-state index contributed by atoms with van der Waals surface area (Å²) in [6, 6.07) is 1.68. The van der Waals surface area contributed by atoms with Gasteiger partial charge in [0.05, 0.1) is 24.0 Å². The lowest BCUT2D eigenvalue weighted by Gasteiger charge is -2.32. The Kier molecular flexibility index (Phi) is 7.15. The molecule has 0 saturated carbocycles. The Labute approximate surface area is 202 Å². The Bertz CT molecular complexity index is 1140. The van der Waals surface area contributed by atoms with Gasteiger partial charge in [-0.2, -0.15) is 18.3 Å². The molecule has 10 nitrogen and oxygen atoms in total. The highest BCUT2D eigenvalue weighted by Crippen LogP contribution is 2.28. The van der Waals surface area contributed by atoms with Gasteiger partial charge in [-0.3, -0.25) is 14.6 Å². The number of alkyl halides is 3. The van der Waals surface area contributed by atoms with E-state index in [9.17, 15) is 27.6 Å². The number of aromatic nitrogens is 3. The van der Waals surface area contributed by atoms with E-state index in [2.05, 4.69) is 20.5 Å². The monoisotopic (exact) mass is 514 g/mol. The Hall–Kier alpha value is -3.35. The molecule has 0 radical (unpaired) electrons. The second-order valence-electron chi connectivity index (χ2n) is 8.30. The molecular formula is C21H22ClF3N6O4. The Morgan fingerprint density at radius 1 is 1.14 bits per heavy atom. The van der Waals surface area contributed by atoms with Crippen LogP contribution in [0.3, 0.4) is 0 Å². The number of amides is 2. The smallest absolute Gasteiger partial charge is 0.433 e. The van der Waals surface area contributed by atoms with Gasteiger partial charge in [0.15, 0.2) is 0 Å². The molecular weight excluding hydrogens is 493 g/mol. The minimum absolute atomic E-state index is 0.0264. The molecule has 4 rings (SSSR count). The minimum Gasteiger partial charge on any atom is -0.444 e. The van der Waals surface area contributed by atoms with Crippen LogP contribution in [-0.4, -0.2) is 70.4 Å². The third-order valence-electron chi connectivity index (χ3n) is 5.94. The van der Waals surface area contributed by atoms with E-state index in [1.54, 1.807) is 0 Å². The summed E-state index contributed by atoms with van der Waals surface area (Å²) in [4.78, 5) is 43.2. The highest BCUT2D eigenvalue weighted by molar-refractivity contribution is 6.33. The van der Waals surface area contributed by atoms with Crippen LogP contribution in [0.2, 0.25) is 5.02 Å². The second kappa shape index (κ2) is 10.1. The number of ether oxygens (including phenoxy) is 1. The number of alkyl carbamates (subject to hydrolysis) is 1.